The number of halogens is 1. The van der Waals surface area contributed by atoms with Gasteiger partial charge in [0.05, 0.1) is 17.0 Å². The molecule has 106 valence electrons. The predicted octanol–water partition coefficient (Wildman–Crippen LogP) is 3.03. The van der Waals surface area contributed by atoms with Gasteiger partial charge in [-0.1, -0.05) is 23.7 Å². The number of hydrogen-bond acceptors (Lipinski definition) is 4. The minimum atomic E-state index is -0.950. The Labute approximate surface area is 122 Å². The van der Waals surface area contributed by atoms with Crippen molar-refractivity contribution < 1.29 is 19.4 Å². The number of aliphatic hydroxyl groups is 1. The van der Waals surface area contributed by atoms with Crippen LogP contribution in [0.15, 0.2) is 23.8 Å². The highest BCUT2D eigenvalue weighted by Gasteiger charge is 2.44. The van der Waals surface area contributed by atoms with Gasteiger partial charge in [0.15, 0.2) is 5.78 Å². The Balaban J connectivity index is 2.75. The second kappa shape index (κ2) is 4.94. The first-order chi connectivity index (χ1) is 9.32. The lowest BCUT2D eigenvalue weighted by atomic mass is 9.71. The molecule has 1 N–H and O–H groups in total. The summed E-state index contributed by atoms with van der Waals surface area (Å²) in [6, 6.07) is 5.03. The molecule has 4 nitrogen and oxygen atoms in total. The average molecular weight is 295 g/mol. The fourth-order valence-corrected chi connectivity index (χ4v) is 2.61. The van der Waals surface area contributed by atoms with E-state index in [4.69, 9.17) is 16.3 Å². The van der Waals surface area contributed by atoms with Gasteiger partial charge in [-0.3, -0.25) is 4.79 Å². The van der Waals surface area contributed by atoms with Crippen molar-refractivity contribution in [2.45, 2.75) is 26.2 Å². The number of carbonyl (C=O) groups is 2. The van der Waals surface area contributed by atoms with Crippen LogP contribution in [0.4, 0.5) is 0 Å². The lowest BCUT2D eigenvalue weighted by molar-refractivity contribution is -0.140. The quantitative estimate of drug-likeness (QED) is 0.672. The number of aliphatic hydroxyl groups excluding tert-OH is 1. The third-order valence-electron chi connectivity index (χ3n) is 3.43. The van der Waals surface area contributed by atoms with Crippen LogP contribution >= 0.6 is 11.6 Å². The predicted molar refractivity (Wildman–Crippen MR) is 75.7 cm³/mol. The highest BCUT2D eigenvalue weighted by atomic mass is 35.5. The summed E-state index contributed by atoms with van der Waals surface area (Å²) >= 11 is 6.10. The first-order valence-corrected chi connectivity index (χ1v) is 6.64. The number of hydrogen-bond donors (Lipinski definition) is 1. The summed E-state index contributed by atoms with van der Waals surface area (Å²) < 4.78 is 4.85. The SMILES string of the molecule is CCOC(=O)C1=C(O)c2c(Cl)cccc2C(C)(C)C1=O. The van der Waals surface area contributed by atoms with E-state index in [0.29, 0.717) is 16.1 Å². The minimum Gasteiger partial charge on any atom is -0.506 e. The Morgan fingerprint density at radius 3 is 2.65 bits per heavy atom. The topological polar surface area (TPSA) is 63.6 Å². The molecular formula is C15H15ClO4. The zero-order valence-corrected chi connectivity index (χ0v) is 12.2. The molecule has 1 aliphatic carbocycles. The standard InChI is InChI=1S/C15H15ClO4/c1-4-20-14(19)11-12(17)10-8(6-5-7-9(10)16)15(2,3)13(11)18/h5-7,17H,4H2,1-3H3. The number of Topliss-reactive ketones (excluding diaryl/α,β-unsaturated/α-hetero) is 1. The summed E-state index contributed by atoms with van der Waals surface area (Å²) in [4.78, 5) is 24.4. The van der Waals surface area contributed by atoms with Gasteiger partial charge in [-0.05, 0) is 32.4 Å². The second-order valence-electron chi connectivity index (χ2n) is 5.06. The van der Waals surface area contributed by atoms with Gasteiger partial charge in [0.1, 0.15) is 11.3 Å². The maximum Gasteiger partial charge on any atom is 0.345 e. The maximum absolute atomic E-state index is 12.5. The summed E-state index contributed by atoms with van der Waals surface area (Å²) in [7, 11) is 0. The summed E-state index contributed by atoms with van der Waals surface area (Å²) in [6.45, 7) is 5.14. The lowest BCUT2D eigenvalue weighted by Crippen LogP contribution is -2.38. The summed E-state index contributed by atoms with van der Waals surface area (Å²) in [5, 5.41) is 10.6. The number of carbonyl (C=O) groups excluding carboxylic acids is 2. The molecule has 1 aliphatic rings. The summed E-state index contributed by atoms with van der Waals surface area (Å²) in [5.41, 5.74) is -0.367. The van der Waals surface area contributed by atoms with Gasteiger partial charge in [-0.2, -0.15) is 0 Å². The van der Waals surface area contributed by atoms with Gasteiger partial charge in [-0.25, -0.2) is 4.79 Å². The van der Waals surface area contributed by atoms with Gasteiger partial charge in [0, 0.05) is 5.56 Å². The fraction of sp³-hybridized carbons (Fsp3) is 0.333. The first-order valence-electron chi connectivity index (χ1n) is 6.26. The van der Waals surface area contributed by atoms with Crippen LogP contribution in [0.5, 0.6) is 0 Å². The Kier molecular flexibility index (Phi) is 3.61. The third-order valence-corrected chi connectivity index (χ3v) is 3.75. The van der Waals surface area contributed by atoms with Crippen LogP contribution in [0.1, 0.15) is 31.9 Å². The molecule has 1 aromatic carbocycles. The monoisotopic (exact) mass is 294 g/mol. The van der Waals surface area contributed by atoms with Crippen molar-refractivity contribution in [2.75, 3.05) is 6.61 Å². The molecule has 0 amide bonds. The Hall–Kier alpha value is -1.81. The molecular weight excluding hydrogens is 280 g/mol. The molecule has 0 saturated carbocycles. The molecule has 0 spiro atoms. The molecule has 0 atom stereocenters. The zero-order valence-electron chi connectivity index (χ0n) is 11.5. The number of ketones is 1. The van der Waals surface area contributed by atoms with Crippen LogP contribution in [0, 0.1) is 0 Å². The number of ether oxygens (including phenoxy) is 1. The highest BCUT2D eigenvalue weighted by molar-refractivity contribution is 6.34. The van der Waals surface area contributed by atoms with E-state index in [0.717, 1.165) is 0 Å². The van der Waals surface area contributed by atoms with Crippen LogP contribution in [0.2, 0.25) is 5.02 Å². The van der Waals surface area contributed by atoms with E-state index in [-0.39, 0.29) is 12.2 Å². The number of fused-ring (bicyclic) bond motifs is 1. The van der Waals surface area contributed by atoms with E-state index in [1.807, 2.05) is 0 Å². The fourth-order valence-electron chi connectivity index (χ4n) is 2.35. The van der Waals surface area contributed by atoms with E-state index in [1.165, 1.54) is 0 Å². The van der Waals surface area contributed by atoms with Crippen molar-refractivity contribution >= 4 is 29.1 Å². The maximum atomic E-state index is 12.5. The summed E-state index contributed by atoms with van der Waals surface area (Å²) in [6.07, 6.45) is 0. The van der Waals surface area contributed by atoms with Crippen molar-refractivity contribution in [2.24, 2.45) is 0 Å². The lowest BCUT2D eigenvalue weighted by Gasteiger charge is -2.31. The Morgan fingerprint density at radius 2 is 2.05 bits per heavy atom. The molecule has 0 fully saturated rings. The summed E-state index contributed by atoms with van der Waals surface area (Å²) in [5.74, 6) is -1.70. The molecule has 0 heterocycles. The van der Waals surface area contributed by atoms with Crippen LogP contribution in [-0.2, 0) is 19.7 Å². The van der Waals surface area contributed by atoms with Crippen LogP contribution in [0.3, 0.4) is 0 Å². The molecule has 0 saturated heterocycles. The third kappa shape index (κ3) is 2.00. The van der Waals surface area contributed by atoms with Crippen molar-refractivity contribution in [1.29, 1.82) is 0 Å². The smallest absolute Gasteiger partial charge is 0.345 e. The molecule has 2 rings (SSSR count). The van der Waals surface area contributed by atoms with Crippen LogP contribution in [-0.4, -0.2) is 23.5 Å². The Morgan fingerprint density at radius 1 is 1.40 bits per heavy atom. The van der Waals surface area contributed by atoms with Crippen molar-refractivity contribution in [3.05, 3.63) is 39.9 Å². The number of rotatable bonds is 2. The molecule has 20 heavy (non-hydrogen) atoms. The molecule has 0 radical (unpaired) electrons. The molecule has 1 aromatic rings. The van der Waals surface area contributed by atoms with Gasteiger partial charge in [0.25, 0.3) is 0 Å². The van der Waals surface area contributed by atoms with Crippen molar-refractivity contribution in [3.63, 3.8) is 0 Å². The van der Waals surface area contributed by atoms with Crippen LogP contribution in [0.25, 0.3) is 5.76 Å². The van der Waals surface area contributed by atoms with E-state index in [2.05, 4.69) is 0 Å². The number of esters is 1. The molecule has 0 bridgehead atoms. The molecule has 0 unspecified atom stereocenters. The second-order valence-corrected chi connectivity index (χ2v) is 5.47. The van der Waals surface area contributed by atoms with E-state index in [9.17, 15) is 14.7 Å². The Bertz CT molecular complexity index is 629. The van der Waals surface area contributed by atoms with E-state index >= 15 is 0 Å². The zero-order chi connectivity index (χ0) is 15.1. The highest BCUT2D eigenvalue weighted by Crippen LogP contribution is 2.42. The van der Waals surface area contributed by atoms with Gasteiger partial charge in [-0.15, -0.1) is 0 Å². The van der Waals surface area contributed by atoms with Gasteiger partial charge < -0.3 is 9.84 Å². The number of benzene rings is 1. The van der Waals surface area contributed by atoms with Crippen molar-refractivity contribution in [3.8, 4) is 0 Å². The normalized spacial score (nSPS) is 16.9. The minimum absolute atomic E-state index is 0.124. The van der Waals surface area contributed by atoms with Crippen molar-refractivity contribution in [1.82, 2.24) is 0 Å². The molecule has 0 aliphatic heterocycles. The van der Waals surface area contributed by atoms with Gasteiger partial charge >= 0.3 is 5.97 Å². The molecule has 0 aromatic heterocycles. The largest absolute Gasteiger partial charge is 0.506 e. The van der Waals surface area contributed by atoms with Crippen LogP contribution < -0.4 is 0 Å². The molecule has 5 heteroatoms. The van der Waals surface area contributed by atoms with E-state index in [1.54, 1.807) is 39.0 Å². The van der Waals surface area contributed by atoms with E-state index < -0.39 is 22.9 Å². The van der Waals surface area contributed by atoms with Gasteiger partial charge in [0.2, 0.25) is 0 Å². The average Bonchev–Trinajstić information content (AvgIpc) is 2.37. The first kappa shape index (κ1) is 14.6.